The van der Waals surface area contributed by atoms with Crippen LogP contribution in [0.25, 0.3) is 11.2 Å². The number of fused-ring (bicyclic) bond motifs is 1. The Balaban J connectivity index is 2.17. The van der Waals surface area contributed by atoms with Crippen LogP contribution in [0.2, 0.25) is 0 Å². The van der Waals surface area contributed by atoms with Crippen LogP contribution in [0.3, 0.4) is 0 Å². The van der Waals surface area contributed by atoms with E-state index >= 15 is 0 Å². The van der Waals surface area contributed by atoms with Gasteiger partial charge in [-0.3, -0.25) is 13.9 Å². The standard InChI is InChI=1S/C14H24N6O2/c1-5-8-20(6-2)9-7-15-13-16-10-11(17-13)18(3)14(22)19(4)12(10)21/h5-9H2,1-4H3,(H2,15,16,17). The van der Waals surface area contributed by atoms with Crippen LogP contribution in [0.1, 0.15) is 20.3 Å². The summed E-state index contributed by atoms with van der Waals surface area (Å²) in [6, 6.07) is 0. The molecule has 8 heteroatoms. The quantitative estimate of drug-likeness (QED) is 0.758. The second-order valence-electron chi connectivity index (χ2n) is 5.35. The van der Waals surface area contributed by atoms with Crippen molar-refractivity contribution in [2.45, 2.75) is 20.3 Å². The van der Waals surface area contributed by atoms with Crippen molar-refractivity contribution in [2.75, 3.05) is 31.5 Å². The van der Waals surface area contributed by atoms with Gasteiger partial charge in [-0.15, -0.1) is 0 Å². The summed E-state index contributed by atoms with van der Waals surface area (Å²) in [5.41, 5.74) is -0.0278. The zero-order valence-corrected chi connectivity index (χ0v) is 13.6. The normalized spacial score (nSPS) is 11.5. The van der Waals surface area contributed by atoms with E-state index in [4.69, 9.17) is 0 Å². The third-order valence-corrected chi connectivity index (χ3v) is 3.80. The van der Waals surface area contributed by atoms with Crippen LogP contribution in [0.4, 0.5) is 5.95 Å². The molecular formula is C14H24N6O2. The summed E-state index contributed by atoms with van der Waals surface area (Å²) in [5.74, 6) is 0.515. The number of anilines is 1. The molecule has 0 saturated heterocycles. The van der Waals surface area contributed by atoms with E-state index in [1.54, 1.807) is 7.05 Å². The van der Waals surface area contributed by atoms with Crippen molar-refractivity contribution in [1.29, 1.82) is 0 Å². The Bertz CT molecular complexity index is 757. The number of likely N-dealkylation sites (N-methyl/N-ethyl adjacent to an activating group) is 1. The highest BCUT2D eigenvalue weighted by molar-refractivity contribution is 5.72. The highest BCUT2D eigenvalue weighted by Gasteiger charge is 2.13. The van der Waals surface area contributed by atoms with Gasteiger partial charge in [0.1, 0.15) is 0 Å². The average Bonchev–Trinajstić information content (AvgIpc) is 2.94. The van der Waals surface area contributed by atoms with Gasteiger partial charge in [-0.25, -0.2) is 4.79 Å². The molecule has 0 atom stereocenters. The van der Waals surface area contributed by atoms with Gasteiger partial charge in [-0.2, -0.15) is 4.98 Å². The number of aromatic nitrogens is 4. The third kappa shape index (κ3) is 3.06. The number of rotatable bonds is 7. The monoisotopic (exact) mass is 308 g/mol. The predicted octanol–water partition coefficient (Wildman–Crippen LogP) is 0.104. The first-order valence-electron chi connectivity index (χ1n) is 7.61. The van der Waals surface area contributed by atoms with Crippen molar-refractivity contribution in [3.05, 3.63) is 20.8 Å². The molecule has 0 unspecified atom stereocenters. The predicted molar refractivity (Wildman–Crippen MR) is 87.5 cm³/mol. The number of hydrogen-bond donors (Lipinski definition) is 2. The summed E-state index contributed by atoms with van der Waals surface area (Å²) in [6.07, 6.45) is 1.12. The summed E-state index contributed by atoms with van der Waals surface area (Å²) in [7, 11) is 3.07. The maximum absolute atomic E-state index is 12.1. The maximum Gasteiger partial charge on any atom is 0.332 e. The highest BCUT2D eigenvalue weighted by Crippen LogP contribution is 2.07. The Morgan fingerprint density at radius 1 is 1.18 bits per heavy atom. The van der Waals surface area contributed by atoms with E-state index < -0.39 is 0 Å². The Morgan fingerprint density at radius 2 is 1.91 bits per heavy atom. The lowest BCUT2D eigenvalue weighted by molar-refractivity contribution is 0.300. The van der Waals surface area contributed by atoms with Gasteiger partial charge in [-0.05, 0) is 19.5 Å². The molecule has 2 aromatic rings. The summed E-state index contributed by atoms with van der Waals surface area (Å²) in [6.45, 7) is 7.99. The van der Waals surface area contributed by atoms with Gasteiger partial charge in [0, 0.05) is 27.2 Å². The molecule has 0 fully saturated rings. The molecule has 8 nitrogen and oxygen atoms in total. The number of nitrogens with one attached hydrogen (secondary N) is 2. The fourth-order valence-corrected chi connectivity index (χ4v) is 2.49. The summed E-state index contributed by atoms with van der Waals surface area (Å²) < 4.78 is 2.44. The molecule has 0 amide bonds. The van der Waals surface area contributed by atoms with Crippen LogP contribution in [0, 0.1) is 0 Å². The molecule has 0 saturated carbocycles. The van der Waals surface area contributed by atoms with E-state index in [1.807, 2.05) is 0 Å². The van der Waals surface area contributed by atoms with Gasteiger partial charge in [0.15, 0.2) is 11.2 Å². The Kier molecular flexibility index (Phi) is 5.02. The highest BCUT2D eigenvalue weighted by atomic mass is 16.2. The van der Waals surface area contributed by atoms with Crippen molar-refractivity contribution in [1.82, 2.24) is 24.0 Å². The van der Waals surface area contributed by atoms with Crippen LogP contribution in [0.15, 0.2) is 9.59 Å². The van der Waals surface area contributed by atoms with Crippen molar-refractivity contribution in [3.63, 3.8) is 0 Å². The van der Waals surface area contributed by atoms with Crippen LogP contribution >= 0.6 is 0 Å². The number of aryl methyl sites for hydroxylation is 1. The topological polar surface area (TPSA) is 88.0 Å². The van der Waals surface area contributed by atoms with Crippen molar-refractivity contribution < 1.29 is 0 Å². The summed E-state index contributed by atoms with van der Waals surface area (Å²) >= 11 is 0. The number of hydrogen-bond acceptors (Lipinski definition) is 5. The number of aromatic amines is 1. The second-order valence-corrected chi connectivity index (χ2v) is 5.35. The minimum absolute atomic E-state index is 0.341. The molecule has 122 valence electrons. The first-order valence-corrected chi connectivity index (χ1v) is 7.61. The average molecular weight is 308 g/mol. The van der Waals surface area contributed by atoms with Gasteiger partial charge in [0.05, 0.1) is 0 Å². The number of nitrogens with zero attached hydrogens (tertiary/aromatic N) is 4. The van der Waals surface area contributed by atoms with Crippen molar-refractivity contribution >= 4 is 17.1 Å². The Labute approximate surface area is 128 Å². The van der Waals surface area contributed by atoms with Gasteiger partial charge >= 0.3 is 5.69 Å². The lowest BCUT2D eigenvalue weighted by Crippen LogP contribution is -2.36. The van der Waals surface area contributed by atoms with E-state index in [-0.39, 0.29) is 11.2 Å². The lowest BCUT2D eigenvalue weighted by atomic mass is 10.4. The Morgan fingerprint density at radius 3 is 2.55 bits per heavy atom. The third-order valence-electron chi connectivity index (χ3n) is 3.80. The molecule has 0 spiro atoms. The minimum Gasteiger partial charge on any atom is -0.354 e. The number of H-pyrrole nitrogens is 1. The molecule has 2 heterocycles. The fraction of sp³-hybridized carbons (Fsp3) is 0.643. The molecular weight excluding hydrogens is 284 g/mol. The van der Waals surface area contributed by atoms with Gasteiger partial charge in [0.2, 0.25) is 5.95 Å². The molecule has 0 bridgehead atoms. The van der Waals surface area contributed by atoms with Crippen LogP contribution in [-0.4, -0.2) is 50.2 Å². The second kappa shape index (κ2) is 6.78. The number of imidazole rings is 1. The van der Waals surface area contributed by atoms with E-state index in [2.05, 4.69) is 34.0 Å². The van der Waals surface area contributed by atoms with E-state index in [9.17, 15) is 9.59 Å². The molecule has 22 heavy (non-hydrogen) atoms. The van der Waals surface area contributed by atoms with E-state index in [0.717, 1.165) is 37.2 Å². The molecule has 0 aromatic carbocycles. The van der Waals surface area contributed by atoms with E-state index in [1.165, 1.54) is 11.6 Å². The van der Waals surface area contributed by atoms with Crippen LogP contribution in [-0.2, 0) is 14.1 Å². The van der Waals surface area contributed by atoms with Crippen molar-refractivity contribution in [2.24, 2.45) is 14.1 Å². The van der Waals surface area contributed by atoms with Gasteiger partial charge in [-0.1, -0.05) is 13.8 Å². The molecule has 2 rings (SSSR count). The molecule has 0 aliphatic carbocycles. The summed E-state index contributed by atoms with van der Waals surface area (Å²) in [5, 5.41) is 3.18. The largest absolute Gasteiger partial charge is 0.354 e. The van der Waals surface area contributed by atoms with Gasteiger partial charge in [0.25, 0.3) is 5.56 Å². The zero-order chi connectivity index (χ0) is 16.3. The molecule has 0 aliphatic heterocycles. The van der Waals surface area contributed by atoms with Crippen LogP contribution < -0.4 is 16.6 Å². The molecule has 2 N–H and O–H groups in total. The molecule has 2 aromatic heterocycles. The van der Waals surface area contributed by atoms with Crippen LogP contribution in [0.5, 0.6) is 0 Å². The first kappa shape index (κ1) is 16.3. The zero-order valence-electron chi connectivity index (χ0n) is 13.6. The van der Waals surface area contributed by atoms with Crippen molar-refractivity contribution in [3.8, 4) is 0 Å². The molecule has 0 aliphatic rings. The minimum atomic E-state index is -0.379. The molecule has 0 radical (unpaired) electrons. The smallest absolute Gasteiger partial charge is 0.332 e. The fourth-order valence-electron chi connectivity index (χ4n) is 2.49. The SMILES string of the molecule is CCCN(CC)CCNc1nc2c([nH]1)c(=O)n(C)c(=O)n2C. The summed E-state index contributed by atoms with van der Waals surface area (Å²) in [4.78, 5) is 33.6. The Hall–Kier alpha value is -2.09. The maximum atomic E-state index is 12.1. The van der Waals surface area contributed by atoms with E-state index in [0.29, 0.717) is 17.1 Å². The first-order chi connectivity index (χ1) is 10.5. The van der Waals surface area contributed by atoms with Gasteiger partial charge < -0.3 is 15.2 Å². The lowest BCUT2D eigenvalue weighted by Gasteiger charge is -2.19.